The van der Waals surface area contributed by atoms with Crippen molar-refractivity contribution in [2.75, 3.05) is 19.8 Å². The molecule has 0 aromatic heterocycles. The summed E-state index contributed by atoms with van der Waals surface area (Å²) in [5, 5.41) is 22.7. The second-order valence-electron chi connectivity index (χ2n) is 5.97. The SMILES string of the molecule is OCC(CCc1ccccc1)NCC(O)COCc1ccccc1. The van der Waals surface area contributed by atoms with Crippen molar-refractivity contribution in [3.63, 3.8) is 0 Å². The summed E-state index contributed by atoms with van der Waals surface area (Å²) in [7, 11) is 0. The van der Waals surface area contributed by atoms with Crippen LogP contribution in [-0.4, -0.2) is 42.1 Å². The van der Waals surface area contributed by atoms with Gasteiger partial charge >= 0.3 is 0 Å². The molecule has 0 aliphatic carbocycles. The Morgan fingerprint density at radius 1 is 0.917 bits per heavy atom. The zero-order valence-electron chi connectivity index (χ0n) is 14.0. The van der Waals surface area contributed by atoms with E-state index in [9.17, 15) is 10.2 Å². The molecule has 2 aromatic carbocycles. The van der Waals surface area contributed by atoms with Crippen LogP contribution in [0.25, 0.3) is 0 Å². The highest BCUT2D eigenvalue weighted by Gasteiger charge is 2.10. The van der Waals surface area contributed by atoms with Gasteiger partial charge in [-0.2, -0.15) is 0 Å². The molecule has 2 rings (SSSR count). The quantitative estimate of drug-likeness (QED) is 0.591. The van der Waals surface area contributed by atoms with Crippen LogP contribution in [0.15, 0.2) is 60.7 Å². The van der Waals surface area contributed by atoms with E-state index in [0.717, 1.165) is 18.4 Å². The summed E-state index contributed by atoms with van der Waals surface area (Å²) in [6.45, 7) is 1.24. The first-order chi connectivity index (χ1) is 11.8. The number of aliphatic hydroxyl groups excluding tert-OH is 2. The van der Waals surface area contributed by atoms with Gasteiger partial charge in [0, 0.05) is 12.6 Å². The van der Waals surface area contributed by atoms with E-state index in [0.29, 0.717) is 13.2 Å². The van der Waals surface area contributed by atoms with Crippen LogP contribution in [-0.2, 0) is 17.8 Å². The molecule has 2 atom stereocenters. The zero-order chi connectivity index (χ0) is 17.0. The summed E-state index contributed by atoms with van der Waals surface area (Å²) in [5.74, 6) is 0. The maximum absolute atomic E-state index is 9.99. The highest BCUT2D eigenvalue weighted by atomic mass is 16.5. The van der Waals surface area contributed by atoms with Crippen molar-refractivity contribution in [2.24, 2.45) is 0 Å². The molecule has 130 valence electrons. The molecule has 0 aliphatic rings. The fourth-order valence-corrected chi connectivity index (χ4v) is 2.49. The third-order valence-corrected chi connectivity index (χ3v) is 3.91. The molecule has 0 radical (unpaired) electrons. The Balaban J connectivity index is 1.61. The van der Waals surface area contributed by atoms with Gasteiger partial charge in [-0.25, -0.2) is 0 Å². The fraction of sp³-hybridized carbons (Fsp3) is 0.400. The van der Waals surface area contributed by atoms with Gasteiger partial charge in [-0.1, -0.05) is 60.7 Å². The highest BCUT2D eigenvalue weighted by Crippen LogP contribution is 2.05. The van der Waals surface area contributed by atoms with Gasteiger partial charge in [0.1, 0.15) is 0 Å². The van der Waals surface area contributed by atoms with E-state index >= 15 is 0 Å². The Hall–Kier alpha value is -1.72. The van der Waals surface area contributed by atoms with E-state index in [1.807, 2.05) is 48.5 Å². The largest absolute Gasteiger partial charge is 0.395 e. The molecule has 0 bridgehead atoms. The number of nitrogens with one attached hydrogen (secondary N) is 1. The van der Waals surface area contributed by atoms with Gasteiger partial charge in [-0.05, 0) is 24.0 Å². The molecule has 2 unspecified atom stereocenters. The van der Waals surface area contributed by atoms with E-state index in [1.54, 1.807) is 0 Å². The minimum atomic E-state index is -0.584. The highest BCUT2D eigenvalue weighted by molar-refractivity contribution is 5.15. The van der Waals surface area contributed by atoms with Gasteiger partial charge in [0.05, 0.1) is 25.9 Å². The van der Waals surface area contributed by atoms with Crippen LogP contribution in [0.4, 0.5) is 0 Å². The molecule has 0 aliphatic heterocycles. The summed E-state index contributed by atoms with van der Waals surface area (Å²) < 4.78 is 5.52. The number of benzene rings is 2. The number of ether oxygens (including phenoxy) is 1. The minimum Gasteiger partial charge on any atom is -0.395 e. The van der Waals surface area contributed by atoms with Gasteiger partial charge < -0.3 is 20.3 Å². The average molecular weight is 329 g/mol. The molecular weight excluding hydrogens is 302 g/mol. The third kappa shape index (κ3) is 7.23. The van der Waals surface area contributed by atoms with E-state index in [-0.39, 0.29) is 19.3 Å². The van der Waals surface area contributed by atoms with Crippen LogP contribution in [0.3, 0.4) is 0 Å². The fourth-order valence-electron chi connectivity index (χ4n) is 2.49. The maximum Gasteiger partial charge on any atom is 0.0897 e. The lowest BCUT2D eigenvalue weighted by atomic mass is 10.1. The minimum absolute atomic E-state index is 0.0195. The van der Waals surface area contributed by atoms with Gasteiger partial charge in [-0.15, -0.1) is 0 Å². The molecule has 0 fully saturated rings. The zero-order valence-corrected chi connectivity index (χ0v) is 14.0. The molecule has 24 heavy (non-hydrogen) atoms. The molecule has 3 N–H and O–H groups in total. The van der Waals surface area contributed by atoms with Crippen molar-refractivity contribution in [1.29, 1.82) is 0 Å². The van der Waals surface area contributed by atoms with Crippen molar-refractivity contribution in [3.8, 4) is 0 Å². The third-order valence-electron chi connectivity index (χ3n) is 3.91. The van der Waals surface area contributed by atoms with Crippen LogP contribution in [0.5, 0.6) is 0 Å². The molecule has 4 heteroatoms. The van der Waals surface area contributed by atoms with Crippen LogP contribution in [0.2, 0.25) is 0 Å². The van der Waals surface area contributed by atoms with E-state index < -0.39 is 6.10 Å². The Labute approximate surface area is 144 Å². The van der Waals surface area contributed by atoms with Crippen molar-refractivity contribution < 1.29 is 14.9 Å². The number of aliphatic hydroxyl groups is 2. The van der Waals surface area contributed by atoms with Crippen molar-refractivity contribution in [1.82, 2.24) is 5.32 Å². The summed E-state index contributed by atoms with van der Waals surface area (Å²) in [5.41, 5.74) is 2.35. The number of aryl methyl sites for hydroxylation is 1. The number of hydrogen-bond donors (Lipinski definition) is 3. The normalized spacial score (nSPS) is 13.6. The summed E-state index contributed by atoms with van der Waals surface area (Å²) in [6.07, 6.45) is 1.15. The Morgan fingerprint density at radius 2 is 1.54 bits per heavy atom. The van der Waals surface area contributed by atoms with Gasteiger partial charge in [0.15, 0.2) is 0 Å². The molecule has 0 saturated carbocycles. The first-order valence-corrected chi connectivity index (χ1v) is 8.46. The summed E-state index contributed by atoms with van der Waals surface area (Å²) >= 11 is 0. The predicted molar refractivity (Wildman–Crippen MR) is 95.7 cm³/mol. The van der Waals surface area contributed by atoms with Crippen LogP contribution < -0.4 is 5.32 Å². The summed E-state index contributed by atoms with van der Waals surface area (Å²) in [6, 6.07) is 20.1. The Kier molecular flexibility index (Phi) is 8.49. The lowest BCUT2D eigenvalue weighted by Crippen LogP contribution is -2.39. The first-order valence-electron chi connectivity index (χ1n) is 8.46. The monoisotopic (exact) mass is 329 g/mol. The standard InChI is InChI=1S/C20H27NO3/c22-14-19(12-11-17-7-3-1-4-8-17)21-13-20(23)16-24-15-18-9-5-2-6-10-18/h1-10,19-23H,11-16H2. The molecular formula is C20H27NO3. The predicted octanol–water partition coefficient (Wildman–Crippen LogP) is 2.15. The van der Waals surface area contributed by atoms with Crippen LogP contribution in [0, 0.1) is 0 Å². The molecule has 0 spiro atoms. The number of rotatable bonds is 11. The van der Waals surface area contributed by atoms with Crippen LogP contribution in [0.1, 0.15) is 17.5 Å². The maximum atomic E-state index is 9.99. The Morgan fingerprint density at radius 3 is 2.17 bits per heavy atom. The van der Waals surface area contributed by atoms with Gasteiger partial charge in [0.2, 0.25) is 0 Å². The smallest absolute Gasteiger partial charge is 0.0897 e. The van der Waals surface area contributed by atoms with Gasteiger partial charge in [-0.3, -0.25) is 0 Å². The lowest BCUT2D eigenvalue weighted by molar-refractivity contribution is 0.0264. The molecule has 0 saturated heterocycles. The van der Waals surface area contributed by atoms with E-state index in [1.165, 1.54) is 5.56 Å². The molecule has 2 aromatic rings. The van der Waals surface area contributed by atoms with Crippen LogP contribution >= 0.6 is 0 Å². The second kappa shape index (κ2) is 10.9. The molecule has 4 nitrogen and oxygen atoms in total. The van der Waals surface area contributed by atoms with Crippen molar-refractivity contribution in [3.05, 3.63) is 71.8 Å². The van der Waals surface area contributed by atoms with Crippen molar-refractivity contribution >= 4 is 0 Å². The summed E-state index contributed by atoms with van der Waals surface area (Å²) in [4.78, 5) is 0. The lowest BCUT2D eigenvalue weighted by Gasteiger charge is -2.19. The molecule has 0 amide bonds. The second-order valence-corrected chi connectivity index (χ2v) is 5.97. The van der Waals surface area contributed by atoms with Gasteiger partial charge in [0.25, 0.3) is 0 Å². The van der Waals surface area contributed by atoms with Crippen molar-refractivity contribution in [2.45, 2.75) is 31.6 Å². The molecule has 0 heterocycles. The first kappa shape index (κ1) is 18.6. The van der Waals surface area contributed by atoms with E-state index in [2.05, 4.69) is 17.4 Å². The average Bonchev–Trinajstić information content (AvgIpc) is 2.63. The topological polar surface area (TPSA) is 61.7 Å². The van der Waals surface area contributed by atoms with E-state index in [4.69, 9.17) is 4.74 Å². The Bertz CT molecular complexity index is 547. The number of hydrogen-bond acceptors (Lipinski definition) is 4.